The van der Waals surface area contributed by atoms with Crippen LogP contribution in [0.5, 0.6) is 0 Å². The fourth-order valence-corrected chi connectivity index (χ4v) is 3.44. The zero-order chi connectivity index (χ0) is 13.1. The van der Waals surface area contributed by atoms with Crippen molar-refractivity contribution in [2.45, 2.75) is 44.4 Å². The molecule has 2 N–H and O–H groups in total. The molecule has 5 nitrogen and oxygen atoms in total. The van der Waals surface area contributed by atoms with E-state index in [-0.39, 0.29) is 19.2 Å². The van der Waals surface area contributed by atoms with Gasteiger partial charge in [-0.3, -0.25) is 0 Å². The number of hydrogen-bond acceptors (Lipinski definition) is 4. The molecule has 1 aliphatic rings. The zero-order valence-corrected chi connectivity index (χ0v) is 11.8. The number of rotatable bonds is 5. The maximum atomic E-state index is 12.3. The average Bonchev–Trinajstić information content (AvgIpc) is 2.68. The Kier molecular flexibility index (Phi) is 4.95. The Hall–Kier alpha value is -0.170. The van der Waals surface area contributed by atoms with E-state index in [1.807, 2.05) is 0 Å². The minimum Gasteiger partial charge on any atom is -0.395 e. The molecule has 0 spiro atoms. The van der Waals surface area contributed by atoms with Crippen LogP contribution in [0, 0.1) is 0 Å². The van der Waals surface area contributed by atoms with Crippen LogP contribution in [0.4, 0.5) is 0 Å². The van der Waals surface area contributed by atoms with Crippen molar-refractivity contribution < 1.29 is 13.5 Å². The Morgan fingerprint density at radius 1 is 1.41 bits per heavy atom. The quantitative estimate of drug-likeness (QED) is 0.742. The largest absolute Gasteiger partial charge is 0.395 e. The standard InChI is InChI=1S/C11H24N2O3S/c1-11(2,3)17(15,16)13(7-8-14)9-10-5-4-6-12-10/h10,12,14H,4-9H2,1-3H3. The van der Waals surface area contributed by atoms with Crippen molar-refractivity contribution >= 4 is 10.0 Å². The number of nitrogens with zero attached hydrogens (tertiary/aromatic N) is 1. The fraction of sp³-hybridized carbons (Fsp3) is 1.00. The Balaban J connectivity index is 2.77. The summed E-state index contributed by atoms with van der Waals surface area (Å²) in [4.78, 5) is 0. The molecule has 1 unspecified atom stereocenters. The van der Waals surface area contributed by atoms with Gasteiger partial charge >= 0.3 is 0 Å². The topological polar surface area (TPSA) is 69.6 Å². The van der Waals surface area contributed by atoms with Gasteiger partial charge in [0.2, 0.25) is 10.0 Å². The first kappa shape index (κ1) is 14.9. The Morgan fingerprint density at radius 2 is 2.06 bits per heavy atom. The maximum Gasteiger partial charge on any atom is 0.219 e. The molecule has 17 heavy (non-hydrogen) atoms. The molecule has 1 fully saturated rings. The van der Waals surface area contributed by atoms with Crippen molar-refractivity contribution in [1.82, 2.24) is 9.62 Å². The monoisotopic (exact) mass is 264 g/mol. The predicted octanol–water partition coefficient (Wildman–Crippen LogP) is 0.161. The minimum absolute atomic E-state index is 0.137. The molecular formula is C11H24N2O3S. The lowest BCUT2D eigenvalue weighted by atomic mass is 10.2. The van der Waals surface area contributed by atoms with Crippen LogP contribution >= 0.6 is 0 Å². The van der Waals surface area contributed by atoms with Gasteiger partial charge in [-0.2, -0.15) is 4.31 Å². The molecular weight excluding hydrogens is 240 g/mol. The second-order valence-corrected chi connectivity index (χ2v) is 8.18. The van der Waals surface area contributed by atoms with E-state index in [1.54, 1.807) is 20.8 Å². The van der Waals surface area contributed by atoms with Crippen LogP contribution in [0.15, 0.2) is 0 Å². The van der Waals surface area contributed by atoms with Gasteiger partial charge in [0.1, 0.15) is 0 Å². The highest BCUT2D eigenvalue weighted by atomic mass is 32.2. The van der Waals surface area contributed by atoms with E-state index in [1.165, 1.54) is 4.31 Å². The van der Waals surface area contributed by atoms with Gasteiger partial charge < -0.3 is 10.4 Å². The Morgan fingerprint density at radius 3 is 2.47 bits per heavy atom. The molecule has 0 aliphatic carbocycles. The van der Waals surface area contributed by atoms with E-state index >= 15 is 0 Å². The molecule has 1 heterocycles. The molecule has 102 valence electrons. The van der Waals surface area contributed by atoms with Gasteiger partial charge in [0, 0.05) is 19.1 Å². The summed E-state index contributed by atoms with van der Waals surface area (Å²) in [7, 11) is -3.35. The predicted molar refractivity (Wildman–Crippen MR) is 68.4 cm³/mol. The van der Waals surface area contributed by atoms with Gasteiger partial charge in [0.05, 0.1) is 11.4 Å². The number of aliphatic hydroxyl groups excluding tert-OH is 1. The van der Waals surface area contributed by atoms with Crippen molar-refractivity contribution in [2.24, 2.45) is 0 Å². The van der Waals surface area contributed by atoms with Crippen molar-refractivity contribution in [3.8, 4) is 0 Å². The highest BCUT2D eigenvalue weighted by Crippen LogP contribution is 2.21. The van der Waals surface area contributed by atoms with Crippen LogP contribution < -0.4 is 5.32 Å². The summed E-state index contributed by atoms with van der Waals surface area (Å²) in [6, 6.07) is 0.221. The first-order valence-electron chi connectivity index (χ1n) is 6.13. The highest BCUT2D eigenvalue weighted by molar-refractivity contribution is 7.90. The normalized spacial score (nSPS) is 22.3. The molecule has 1 rings (SSSR count). The summed E-state index contributed by atoms with van der Waals surface area (Å²) in [5.74, 6) is 0. The van der Waals surface area contributed by atoms with Crippen LogP contribution in [0.1, 0.15) is 33.6 Å². The third-order valence-electron chi connectivity index (χ3n) is 3.05. The van der Waals surface area contributed by atoms with E-state index < -0.39 is 14.8 Å². The van der Waals surface area contributed by atoms with Crippen LogP contribution in [0.2, 0.25) is 0 Å². The molecule has 0 amide bonds. The van der Waals surface area contributed by atoms with Crippen molar-refractivity contribution in [2.75, 3.05) is 26.2 Å². The van der Waals surface area contributed by atoms with Gasteiger partial charge in [0.25, 0.3) is 0 Å². The van der Waals surface area contributed by atoms with Crippen molar-refractivity contribution in [3.05, 3.63) is 0 Å². The summed E-state index contributed by atoms with van der Waals surface area (Å²) in [5.41, 5.74) is 0. The maximum absolute atomic E-state index is 12.3. The minimum atomic E-state index is -3.35. The average molecular weight is 264 g/mol. The van der Waals surface area contributed by atoms with E-state index in [2.05, 4.69) is 5.32 Å². The molecule has 1 aliphatic heterocycles. The van der Waals surface area contributed by atoms with Crippen LogP contribution in [-0.2, 0) is 10.0 Å². The van der Waals surface area contributed by atoms with Gasteiger partial charge in [-0.25, -0.2) is 8.42 Å². The number of nitrogens with one attached hydrogen (secondary N) is 1. The smallest absolute Gasteiger partial charge is 0.219 e. The summed E-state index contributed by atoms with van der Waals surface area (Å²) in [6.45, 7) is 6.52. The number of hydrogen-bond donors (Lipinski definition) is 2. The molecule has 0 aromatic carbocycles. The third kappa shape index (κ3) is 3.64. The van der Waals surface area contributed by atoms with Crippen LogP contribution in [0.25, 0.3) is 0 Å². The Labute approximate surface area is 104 Å². The number of sulfonamides is 1. The fourth-order valence-electron chi connectivity index (χ4n) is 1.97. The van der Waals surface area contributed by atoms with Crippen molar-refractivity contribution in [1.29, 1.82) is 0 Å². The molecule has 0 saturated carbocycles. The molecule has 0 radical (unpaired) electrons. The van der Waals surface area contributed by atoms with Gasteiger partial charge in [-0.15, -0.1) is 0 Å². The molecule has 0 aromatic rings. The SMILES string of the molecule is CC(C)(C)S(=O)(=O)N(CCO)CC1CCCN1. The lowest BCUT2D eigenvalue weighted by Crippen LogP contribution is -2.48. The molecule has 0 aromatic heterocycles. The number of aliphatic hydroxyl groups is 1. The first-order valence-corrected chi connectivity index (χ1v) is 7.57. The molecule has 1 saturated heterocycles. The molecule has 6 heteroatoms. The zero-order valence-electron chi connectivity index (χ0n) is 10.9. The Bertz CT molecular complexity index is 329. The summed E-state index contributed by atoms with van der Waals surface area (Å²) < 4.78 is 25.2. The lowest BCUT2D eigenvalue weighted by molar-refractivity contribution is 0.244. The van der Waals surface area contributed by atoms with Gasteiger partial charge in [-0.05, 0) is 40.2 Å². The molecule has 1 atom stereocenters. The van der Waals surface area contributed by atoms with E-state index in [0.29, 0.717) is 6.54 Å². The van der Waals surface area contributed by atoms with Gasteiger partial charge in [0.15, 0.2) is 0 Å². The van der Waals surface area contributed by atoms with E-state index in [0.717, 1.165) is 19.4 Å². The summed E-state index contributed by atoms with van der Waals surface area (Å²) in [6.07, 6.45) is 2.09. The second-order valence-electron chi connectivity index (χ2n) is 5.49. The first-order chi connectivity index (χ1) is 7.79. The van der Waals surface area contributed by atoms with E-state index in [4.69, 9.17) is 5.11 Å². The van der Waals surface area contributed by atoms with Crippen LogP contribution in [0.3, 0.4) is 0 Å². The lowest BCUT2D eigenvalue weighted by Gasteiger charge is -2.31. The summed E-state index contributed by atoms with van der Waals surface area (Å²) >= 11 is 0. The summed E-state index contributed by atoms with van der Waals surface area (Å²) in [5, 5.41) is 12.3. The molecule has 0 bridgehead atoms. The van der Waals surface area contributed by atoms with Gasteiger partial charge in [-0.1, -0.05) is 0 Å². The van der Waals surface area contributed by atoms with Crippen LogP contribution in [-0.4, -0.2) is 54.9 Å². The third-order valence-corrected chi connectivity index (χ3v) is 5.61. The second kappa shape index (κ2) is 5.65. The highest BCUT2D eigenvalue weighted by Gasteiger charge is 2.36. The van der Waals surface area contributed by atoms with Crippen molar-refractivity contribution in [3.63, 3.8) is 0 Å². The van der Waals surface area contributed by atoms with E-state index in [9.17, 15) is 8.42 Å².